The van der Waals surface area contributed by atoms with E-state index in [1.165, 1.54) is 13.8 Å². The Morgan fingerprint density at radius 1 is 0.759 bits per heavy atom. The summed E-state index contributed by atoms with van der Waals surface area (Å²) in [7, 11) is 0. The molecule has 0 fully saturated rings. The maximum absolute atomic E-state index is 11.3. The lowest BCUT2D eigenvalue weighted by atomic mass is 9.85. The molecule has 0 atom stereocenters. The van der Waals surface area contributed by atoms with Gasteiger partial charge in [-0.2, -0.15) is 0 Å². The van der Waals surface area contributed by atoms with Crippen LogP contribution in [0.5, 0.6) is 11.5 Å². The molecule has 0 bridgehead atoms. The van der Waals surface area contributed by atoms with Gasteiger partial charge in [-0.05, 0) is 76.5 Å². The zero-order valence-electron chi connectivity index (χ0n) is 18.5. The van der Waals surface area contributed by atoms with Crippen LogP contribution >= 0.6 is 15.9 Å². The highest BCUT2D eigenvalue weighted by Crippen LogP contribution is 2.37. The summed E-state index contributed by atoms with van der Waals surface area (Å²) in [5.41, 5.74) is 2.53. The van der Waals surface area contributed by atoms with E-state index in [1.54, 1.807) is 30.3 Å². The van der Waals surface area contributed by atoms with Gasteiger partial charge in [0.15, 0.2) is 11.6 Å². The molecule has 0 unspecified atom stereocenters. The SMILES string of the molecule is CC(=O)c1cc(Br)c(O)c(C(C)(C)C)c1.CC(=O)c1ccc(O)c(C(C)(C)C)c1. The van der Waals surface area contributed by atoms with Crippen molar-refractivity contribution >= 4 is 27.5 Å². The van der Waals surface area contributed by atoms with E-state index in [-0.39, 0.29) is 33.9 Å². The molecule has 0 aliphatic heterocycles. The number of benzene rings is 2. The summed E-state index contributed by atoms with van der Waals surface area (Å²) in [5, 5.41) is 19.5. The van der Waals surface area contributed by atoms with E-state index in [9.17, 15) is 19.8 Å². The quantitative estimate of drug-likeness (QED) is 0.496. The molecule has 0 heterocycles. The number of Topliss-reactive ketones (excluding diaryl/α,β-unsaturated/α-hetero) is 2. The molecule has 0 aliphatic carbocycles. The van der Waals surface area contributed by atoms with Gasteiger partial charge in [-0.1, -0.05) is 41.5 Å². The monoisotopic (exact) mass is 462 g/mol. The van der Waals surface area contributed by atoms with Gasteiger partial charge in [0, 0.05) is 16.7 Å². The molecule has 0 saturated heterocycles. The van der Waals surface area contributed by atoms with Crippen molar-refractivity contribution in [3.63, 3.8) is 0 Å². The summed E-state index contributed by atoms with van der Waals surface area (Å²) in [5.74, 6) is 0.492. The molecule has 29 heavy (non-hydrogen) atoms. The summed E-state index contributed by atoms with van der Waals surface area (Å²) >= 11 is 3.26. The van der Waals surface area contributed by atoms with E-state index in [4.69, 9.17) is 0 Å². The lowest BCUT2D eigenvalue weighted by Gasteiger charge is -2.21. The van der Waals surface area contributed by atoms with E-state index in [2.05, 4.69) is 15.9 Å². The van der Waals surface area contributed by atoms with Crippen molar-refractivity contribution in [2.24, 2.45) is 0 Å². The van der Waals surface area contributed by atoms with Gasteiger partial charge >= 0.3 is 0 Å². The molecule has 0 saturated carbocycles. The highest BCUT2D eigenvalue weighted by Gasteiger charge is 2.21. The average Bonchev–Trinajstić information content (AvgIpc) is 2.55. The third-order valence-corrected chi connectivity index (χ3v) is 5.09. The number of carbonyl (C=O) groups is 2. The second kappa shape index (κ2) is 9.12. The number of hydrogen-bond acceptors (Lipinski definition) is 4. The van der Waals surface area contributed by atoms with Crippen molar-refractivity contribution < 1.29 is 19.8 Å². The summed E-state index contributed by atoms with van der Waals surface area (Å²) in [6, 6.07) is 8.39. The van der Waals surface area contributed by atoms with Crippen molar-refractivity contribution in [1.29, 1.82) is 0 Å². The van der Waals surface area contributed by atoms with E-state index >= 15 is 0 Å². The number of halogens is 1. The Hall–Kier alpha value is -2.14. The van der Waals surface area contributed by atoms with Crippen molar-refractivity contribution in [1.82, 2.24) is 0 Å². The first kappa shape index (κ1) is 24.9. The van der Waals surface area contributed by atoms with Gasteiger partial charge in [-0.25, -0.2) is 0 Å². The third-order valence-electron chi connectivity index (χ3n) is 4.49. The van der Waals surface area contributed by atoms with Gasteiger partial charge in [0.1, 0.15) is 11.5 Å². The first-order chi connectivity index (χ1) is 13.1. The normalized spacial score (nSPS) is 11.5. The predicted octanol–water partition coefficient (Wildman–Crippen LogP) is 6.55. The predicted molar refractivity (Wildman–Crippen MR) is 121 cm³/mol. The second-order valence-corrected chi connectivity index (χ2v) is 10.1. The first-order valence-corrected chi connectivity index (χ1v) is 10.2. The summed E-state index contributed by atoms with van der Waals surface area (Å²) in [6.45, 7) is 15.1. The number of ketones is 2. The lowest BCUT2D eigenvalue weighted by Crippen LogP contribution is -2.12. The molecule has 0 aliphatic rings. The first-order valence-electron chi connectivity index (χ1n) is 9.44. The highest BCUT2D eigenvalue weighted by atomic mass is 79.9. The van der Waals surface area contributed by atoms with Gasteiger partial charge in [-0.3, -0.25) is 9.59 Å². The topological polar surface area (TPSA) is 74.6 Å². The minimum absolute atomic E-state index is 0.00111. The minimum atomic E-state index is -0.182. The molecule has 2 aromatic rings. The Morgan fingerprint density at radius 3 is 1.62 bits per heavy atom. The van der Waals surface area contributed by atoms with Gasteiger partial charge in [-0.15, -0.1) is 0 Å². The number of rotatable bonds is 2. The molecule has 2 N–H and O–H groups in total. The number of carbonyl (C=O) groups excluding carboxylic acids is 2. The van der Waals surface area contributed by atoms with Crippen LogP contribution in [0, 0.1) is 0 Å². The van der Waals surface area contributed by atoms with Crippen molar-refractivity contribution in [3.05, 3.63) is 57.1 Å². The summed E-state index contributed by atoms with van der Waals surface area (Å²) in [4.78, 5) is 22.4. The van der Waals surface area contributed by atoms with E-state index in [1.807, 2.05) is 41.5 Å². The van der Waals surface area contributed by atoms with Crippen molar-refractivity contribution in [2.45, 2.75) is 66.2 Å². The van der Waals surface area contributed by atoms with Crippen LogP contribution in [0.1, 0.15) is 87.2 Å². The molecule has 0 radical (unpaired) electrons. The van der Waals surface area contributed by atoms with Crippen LogP contribution in [0.15, 0.2) is 34.8 Å². The Kier molecular flexibility index (Phi) is 7.83. The van der Waals surface area contributed by atoms with Crippen LogP contribution in [0.4, 0.5) is 0 Å². The minimum Gasteiger partial charge on any atom is -0.508 e. The maximum atomic E-state index is 11.3. The van der Waals surface area contributed by atoms with Crippen LogP contribution in [0.25, 0.3) is 0 Å². The summed E-state index contributed by atoms with van der Waals surface area (Å²) in [6.07, 6.45) is 0. The number of hydrogen-bond donors (Lipinski definition) is 2. The van der Waals surface area contributed by atoms with E-state index < -0.39 is 0 Å². The van der Waals surface area contributed by atoms with E-state index in [0.717, 1.165) is 11.1 Å². The fourth-order valence-corrected chi connectivity index (χ4v) is 3.19. The van der Waals surface area contributed by atoms with Crippen LogP contribution < -0.4 is 0 Å². The third kappa shape index (κ3) is 6.70. The zero-order chi connectivity index (χ0) is 22.7. The zero-order valence-corrected chi connectivity index (χ0v) is 20.1. The second-order valence-electron chi connectivity index (χ2n) is 9.20. The molecule has 0 amide bonds. The number of aromatic hydroxyl groups is 2. The van der Waals surface area contributed by atoms with Gasteiger partial charge in [0.25, 0.3) is 0 Å². The number of phenolic OH excluding ortho intramolecular Hbond substituents is 2. The van der Waals surface area contributed by atoms with Gasteiger partial charge in [0.2, 0.25) is 0 Å². The molecular weight excluding hydrogens is 432 g/mol. The molecule has 5 heteroatoms. The van der Waals surface area contributed by atoms with Crippen molar-refractivity contribution in [2.75, 3.05) is 0 Å². The molecule has 2 aromatic carbocycles. The highest BCUT2D eigenvalue weighted by molar-refractivity contribution is 9.10. The fraction of sp³-hybridized carbons (Fsp3) is 0.417. The maximum Gasteiger partial charge on any atom is 0.159 e. The smallest absolute Gasteiger partial charge is 0.159 e. The van der Waals surface area contributed by atoms with Gasteiger partial charge in [0.05, 0.1) is 4.47 Å². The molecular formula is C24H31BrO4. The fourth-order valence-electron chi connectivity index (χ4n) is 2.73. The van der Waals surface area contributed by atoms with Crippen LogP contribution in [0.3, 0.4) is 0 Å². The standard InChI is InChI=1S/C12H15BrO2.C12H16O2/c1-7(14)8-5-9(12(2,3)4)11(15)10(13)6-8;1-8(13)9-5-6-11(14)10(7-9)12(2,3)4/h5-6,15H,1-4H3;5-7,14H,1-4H3. The lowest BCUT2D eigenvalue weighted by molar-refractivity contribution is 0.100. The Morgan fingerprint density at radius 2 is 1.21 bits per heavy atom. The molecule has 0 spiro atoms. The van der Waals surface area contributed by atoms with Crippen LogP contribution in [-0.2, 0) is 10.8 Å². The molecule has 0 aromatic heterocycles. The molecule has 4 nitrogen and oxygen atoms in total. The average molecular weight is 463 g/mol. The van der Waals surface area contributed by atoms with Gasteiger partial charge < -0.3 is 10.2 Å². The number of phenols is 2. The Labute approximate surface area is 182 Å². The molecule has 158 valence electrons. The van der Waals surface area contributed by atoms with Crippen LogP contribution in [-0.4, -0.2) is 21.8 Å². The van der Waals surface area contributed by atoms with E-state index in [0.29, 0.717) is 15.6 Å². The van der Waals surface area contributed by atoms with Crippen molar-refractivity contribution in [3.8, 4) is 11.5 Å². The van der Waals surface area contributed by atoms with Crippen LogP contribution in [0.2, 0.25) is 0 Å². The Bertz CT molecular complexity index is 916. The largest absolute Gasteiger partial charge is 0.508 e. The molecule has 2 rings (SSSR count). The Balaban J connectivity index is 0.000000291. The summed E-state index contributed by atoms with van der Waals surface area (Å²) < 4.78 is 0.570.